The van der Waals surface area contributed by atoms with Crippen LogP contribution in [0, 0.1) is 6.92 Å². The molecule has 0 aliphatic heterocycles. The van der Waals surface area contributed by atoms with E-state index in [0.717, 1.165) is 23.4 Å². The van der Waals surface area contributed by atoms with E-state index >= 15 is 0 Å². The highest BCUT2D eigenvalue weighted by Gasteiger charge is 2.20. The molecule has 9 heteroatoms. The Bertz CT molecular complexity index is 1100. The molecule has 7 nitrogen and oxygen atoms in total. The maximum Gasteiger partial charge on any atom is 0.350 e. The number of nitrogens with one attached hydrogen (secondary N) is 1. The summed E-state index contributed by atoms with van der Waals surface area (Å²) >= 11 is 7.78. The van der Waals surface area contributed by atoms with Crippen molar-refractivity contribution >= 4 is 40.6 Å². The number of halogens is 1. The van der Waals surface area contributed by atoms with E-state index in [-0.39, 0.29) is 18.1 Å². The third-order valence-electron chi connectivity index (χ3n) is 5.13. The number of hydrogen-bond donors (Lipinski definition) is 1. The van der Waals surface area contributed by atoms with Crippen LogP contribution in [0.3, 0.4) is 0 Å². The van der Waals surface area contributed by atoms with Gasteiger partial charge in [0.05, 0.1) is 0 Å². The molecule has 0 radical (unpaired) electrons. The highest BCUT2D eigenvalue weighted by molar-refractivity contribution is 8.00. The number of carbonyl (C=O) groups is 1. The molecule has 1 aromatic carbocycles. The van der Waals surface area contributed by atoms with Gasteiger partial charge in [0.25, 0.3) is 0 Å². The van der Waals surface area contributed by atoms with Crippen molar-refractivity contribution in [2.24, 2.45) is 0 Å². The molecule has 1 N–H and O–H groups in total. The van der Waals surface area contributed by atoms with E-state index in [1.54, 1.807) is 42.4 Å². The van der Waals surface area contributed by atoms with Crippen LogP contribution < -0.4 is 11.0 Å². The number of nitrogens with zero attached hydrogens (tertiary/aromatic N) is 4. The minimum atomic E-state index is -0.356. The Hall–Kier alpha value is -2.32. The molecule has 0 unspecified atom stereocenters. The van der Waals surface area contributed by atoms with Crippen LogP contribution in [0.5, 0.6) is 0 Å². The van der Waals surface area contributed by atoms with Crippen molar-refractivity contribution in [1.29, 1.82) is 0 Å². The number of benzene rings is 1. The topological polar surface area (TPSA) is 81.3 Å². The van der Waals surface area contributed by atoms with Gasteiger partial charge in [0.1, 0.15) is 11.6 Å². The fourth-order valence-electron chi connectivity index (χ4n) is 3.52. The van der Waals surface area contributed by atoms with Crippen LogP contribution in [-0.2, 0) is 11.3 Å². The third-order valence-corrected chi connectivity index (χ3v) is 6.86. The summed E-state index contributed by atoms with van der Waals surface area (Å²) in [6.45, 7) is 1.65. The first-order valence-corrected chi connectivity index (χ1v) is 10.9. The van der Waals surface area contributed by atoms with Gasteiger partial charge >= 0.3 is 5.69 Å². The second kappa shape index (κ2) is 8.59. The van der Waals surface area contributed by atoms with Crippen molar-refractivity contribution in [2.45, 2.75) is 55.8 Å². The number of hydrogen-bond acceptors (Lipinski definition) is 5. The number of rotatable bonds is 5. The van der Waals surface area contributed by atoms with Gasteiger partial charge in [0, 0.05) is 28.4 Å². The van der Waals surface area contributed by atoms with Crippen LogP contribution in [-0.4, -0.2) is 30.3 Å². The first kappa shape index (κ1) is 20.0. The van der Waals surface area contributed by atoms with Gasteiger partial charge in [-0.05, 0) is 37.5 Å². The molecule has 3 aromatic rings. The molecule has 0 saturated heterocycles. The number of anilines is 1. The van der Waals surface area contributed by atoms with Crippen molar-refractivity contribution in [1.82, 2.24) is 19.2 Å². The summed E-state index contributed by atoms with van der Waals surface area (Å²) in [5.41, 5.74) is 1.54. The lowest BCUT2D eigenvalue weighted by Crippen LogP contribution is -2.28. The summed E-state index contributed by atoms with van der Waals surface area (Å²) < 4.78 is 2.63. The van der Waals surface area contributed by atoms with Crippen LogP contribution in [0.2, 0.25) is 5.02 Å². The Morgan fingerprint density at radius 2 is 2.10 bits per heavy atom. The van der Waals surface area contributed by atoms with Gasteiger partial charge in [-0.3, -0.25) is 4.79 Å². The molecule has 2 aromatic heterocycles. The number of fused-ring (bicyclic) bond motifs is 1. The minimum Gasteiger partial charge on any atom is -0.324 e. The molecule has 1 amide bonds. The Kier molecular flexibility index (Phi) is 5.91. The van der Waals surface area contributed by atoms with Gasteiger partial charge in [-0.15, -0.1) is 5.10 Å². The van der Waals surface area contributed by atoms with Crippen LogP contribution in [0.4, 0.5) is 5.69 Å². The second-order valence-corrected chi connectivity index (χ2v) is 8.90. The number of carbonyl (C=O) groups excluding carboxylic acids is 1. The summed E-state index contributed by atoms with van der Waals surface area (Å²) in [6, 6.07) is 5.30. The Balaban J connectivity index is 1.55. The first-order chi connectivity index (χ1) is 14.0. The van der Waals surface area contributed by atoms with Crippen LogP contribution in [0.15, 0.2) is 40.4 Å². The highest BCUT2D eigenvalue weighted by Crippen LogP contribution is 2.33. The molecule has 1 aliphatic rings. The molecule has 0 bridgehead atoms. The van der Waals surface area contributed by atoms with Crippen LogP contribution >= 0.6 is 23.4 Å². The normalized spacial score (nSPS) is 15.0. The number of aromatic nitrogens is 4. The molecular formula is C20H22ClN5O2S. The number of thioether (sulfide) groups is 1. The zero-order valence-electron chi connectivity index (χ0n) is 16.1. The Morgan fingerprint density at radius 1 is 1.31 bits per heavy atom. The van der Waals surface area contributed by atoms with Crippen LogP contribution in [0.1, 0.15) is 37.7 Å². The summed E-state index contributed by atoms with van der Waals surface area (Å²) in [5, 5.41) is 9.00. The Labute approximate surface area is 177 Å². The lowest BCUT2D eigenvalue weighted by atomic mass is 10.0. The average Bonchev–Trinajstić information content (AvgIpc) is 3.03. The van der Waals surface area contributed by atoms with Gasteiger partial charge in [0.2, 0.25) is 5.91 Å². The second-order valence-electron chi connectivity index (χ2n) is 7.20. The molecule has 1 saturated carbocycles. The average molecular weight is 432 g/mol. The van der Waals surface area contributed by atoms with E-state index in [2.05, 4.69) is 15.4 Å². The molecule has 1 fully saturated rings. The van der Waals surface area contributed by atoms with E-state index < -0.39 is 0 Å². The first-order valence-electron chi connectivity index (χ1n) is 9.69. The molecule has 152 valence electrons. The van der Waals surface area contributed by atoms with Crippen molar-refractivity contribution < 1.29 is 4.79 Å². The van der Waals surface area contributed by atoms with Gasteiger partial charge in [-0.1, -0.05) is 48.7 Å². The van der Waals surface area contributed by atoms with Gasteiger partial charge < -0.3 is 5.32 Å². The SMILES string of the molecule is Cc1c(Cl)cccc1NC(=O)Cn1nc2c(SC3CCCCC3)nccn2c1=O. The van der Waals surface area contributed by atoms with Crippen molar-refractivity contribution in [3.8, 4) is 0 Å². The molecule has 1 aliphatic carbocycles. The summed E-state index contributed by atoms with van der Waals surface area (Å²) in [4.78, 5) is 29.6. The maximum atomic E-state index is 12.7. The zero-order chi connectivity index (χ0) is 20.4. The molecule has 29 heavy (non-hydrogen) atoms. The number of amides is 1. The predicted octanol–water partition coefficient (Wildman–Crippen LogP) is 3.92. The third kappa shape index (κ3) is 4.33. The van der Waals surface area contributed by atoms with Crippen molar-refractivity contribution in [3.63, 3.8) is 0 Å². The van der Waals surface area contributed by atoms with E-state index in [1.165, 1.54) is 28.3 Å². The lowest BCUT2D eigenvalue weighted by Gasteiger charge is -2.20. The highest BCUT2D eigenvalue weighted by atomic mass is 35.5. The standard InChI is InChI=1S/C20H22ClN5O2S/c1-13-15(21)8-5-9-16(13)23-17(27)12-26-20(28)25-11-10-22-19(18(25)24-26)29-14-6-3-2-4-7-14/h5,8-11,14H,2-4,6-7,12H2,1H3,(H,23,27). The monoisotopic (exact) mass is 431 g/mol. The molecule has 0 atom stereocenters. The smallest absolute Gasteiger partial charge is 0.324 e. The van der Waals surface area contributed by atoms with E-state index in [1.807, 2.05) is 6.92 Å². The lowest BCUT2D eigenvalue weighted by molar-refractivity contribution is -0.117. The van der Waals surface area contributed by atoms with E-state index in [9.17, 15) is 9.59 Å². The van der Waals surface area contributed by atoms with Gasteiger partial charge in [-0.25, -0.2) is 18.9 Å². The van der Waals surface area contributed by atoms with Crippen molar-refractivity contribution in [2.75, 3.05) is 5.32 Å². The van der Waals surface area contributed by atoms with Crippen molar-refractivity contribution in [3.05, 3.63) is 51.7 Å². The molecule has 0 spiro atoms. The summed E-state index contributed by atoms with van der Waals surface area (Å²) in [5.74, 6) is -0.338. The molecule has 4 rings (SSSR count). The maximum absolute atomic E-state index is 12.7. The fraction of sp³-hybridized carbons (Fsp3) is 0.400. The zero-order valence-corrected chi connectivity index (χ0v) is 17.7. The largest absolute Gasteiger partial charge is 0.350 e. The summed E-state index contributed by atoms with van der Waals surface area (Å²) in [6.07, 6.45) is 9.24. The molecular weight excluding hydrogens is 410 g/mol. The minimum absolute atomic E-state index is 0.181. The van der Waals surface area contributed by atoms with Crippen LogP contribution in [0.25, 0.3) is 5.65 Å². The Morgan fingerprint density at radius 3 is 2.90 bits per heavy atom. The van der Waals surface area contributed by atoms with Gasteiger partial charge in [0.15, 0.2) is 5.65 Å². The van der Waals surface area contributed by atoms with E-state index in [4.69, 9.17) is 11.6 Å². The fourth-order valence-corrected chi connectivity index (χ4v) is 4.95. The molecule has 2 heterocycles. The summed E-state index contributed by atoms with van der Waals surface area (Å²) in [7, 11) is 0. The predicted molar refractivity (Wildman–Crippen MR) is 115 cm³/mol. The van der Waals surface area contributed by atoms with Gasteiger partial charge in [-0.2, -0.15) is 0 Å². The quantitative estimate of drug-likeness (QED) is 0.662. The van der Waals surface area contributed by atoms with E-state index in [0.29, 0.717) is 21.6 Å².